The van der Waals surface area contributed by atoms with Crippen LogP contribution in [0.2, 0.25) is 0 Å². The molecule has 0 fully saturated rings. The Kier molecular flexibility index (Phi) is 3.14. The maximum atomic E-state index is 3.68. The average Bonchev–Trinajstić information content (AvgIpc) is 2.20. The van der Waals surface area contributed by atoms with Crippen molar-refractivity contribution in [3.63, 3.8) is 0 Å². The fraction of sp³-hybridized carbons (Fsp3) is 0.143. The molecule has 1 heterocycles. The van der Waals surface area contributed by atoms with Gasteiger partial charge in [0.2, 0.25) is 0 Å². The molecule has 1 rings (SSSR count). The van der Waals surface area contributed by atoms with E-state index in [0.717, 1.165) is 6.42 Å². The van der Waals surface area contributed by atoms with Gasteiger partial charge in [-0.1, -0.05) is 6.08 Å². The summed E-state index contributed by atoms with van der Waals surface area (Å²) in [7, 11) is 0. The Morgan fingerprint density at radius 3 is 2.70 bits per heavy atom. The summed E-state index contributed by atoms with van der Waals surface area (Å²) in [5.41, 5.74) is 1.29. The fourth-order valence-electron chi connectivity index (χ4n) is 0.662. The molecule has 0 atom stereocenters. The van der Waals surface area contributed by atoms with Gasteiger partial charge in [-0.2, -0.15) is 0 Å². The van der Waals surface area contributed by atoms with Crippen molar-refractivity contribution in [1.82, 2.24) is 0 Å². The van der Waals surface area contributed by atoms with Crippen LogP contribution in [-0.2, 0) is 6.42 Å². The van der Waals surface area contributed by atoms with Crippen LogP contribution >= 0.6 is 43.2 Å². The van der Waals surface area contributed by atoms with E-state index in [-0.39, 0.29) is 0 Å². The second-order valence-electron chi connectivity index (χ2n) is 1.83. The van der Waals surface area contributed by atoms with Gasteiger partial charge in [-0.15, -0.1) is 17.9 Å². The van der Waals surface area contributed by atoms with Crippen LogP contribution in [0.3, 0.4) is 0 Å². The van der Waals surface area contributed by atoms with Crippen LogP contribution in [0, 0.1) is 0 Å². The van der Waals surface area contributed by atoms with Gasteiger partial charge in [0.25, 0.3) is 0 Å². The lowest BCUT2D eigenvalue weighted by Gasteiger charge is -1.92. The lowest BCUT2D eigenvalue weighted by Crippen LogP contribution is -1.76. The van der Waals surface area contributed by atoms with E-state index in [1.54, 1.807) is 11.3 Å². The van der Waals surface area contributed by atoms with Crippen molar-refractivity contribution in [2.24, 2.45) is 0 Å². The van der Waals surface area contributed by atoms with E-state index in [4.69, 9.17) is 0 Å². The molecule has 1 aromatic heterocycles. The maximum Gasteiger partial charge on any atom is 0.0745 e. The molecule has 3 heteroatoms. The predicted octanol–water partition coefficient (Wildman–Crippen LogP) is 4.00. The number of allylic oxidation sites excluding steroid dienone is 1. The van der Waals surface area contributed by atoms with Crippen LogP contribution < -0.4 is 0 Å². The highest BCUT2D eigenvalue weighted by Crippen LogP contribution is 2.32. The maximum absolute atomic E-state index is 3.68. The van der Waals surface area contributed by atoms with Crippen LogP contribution in [0.4, 0.5) is 0 Å². The zero-order chi connectivity index (χ0) is 7.56. The van der Waals surface area contributed by atoms with E-state index in [9.17, 15) is 0 Å². The topological polar surface area (TPSA) is 0 Å². The van der Waals surface area contributed by atoms with E-state index < -0.39 is 0 Å². The molecule has 0 N–H and O–H groups in total. The standard InChI is InChI=1S/C7H6Br2S/c1-2-3-5-6(8)4-10-7(5)9/h2,4H,1,3H2. The van der Waals surface area contributed by atoms with Gasteiger partial charge in [0.1, 0.15) is 0 Å². The second kappa shape index (κ2) is 3.69. The minimum Gasteiger partial charge on any atom is -0.135 e. The summed E-state index contributed by atoms with van der Waals surface area (Å²) < 4.78 is 2.36. The minimum atomic E-state index is 0.921. The van der Waals surface area contributed by atoms with Gasteiger partial charge < -0.3 is 0 Å². The Morgan fingerprint density at radius 2 is 2.30 bits per heavy atom. The van der Waals surface area contributed by atoms with Crippen molar-refractivity contribution >= 4 is 43.2 Å². The molecule has 0 aromatic carbocycles. The fourth-order valence-corrected chi connectivity index (χ4v) is 3.04. The van der Waals surface area contributed by atoms with Gasteiger partial charge in [-0.25, -0.2) is 0 Å². The summed E-state index contributed by atoms with van der Waals surface area (Å²) >= 11 is 8.60. The number of halogens is 2. The third-order valence-electron chi connectivity index (χ3n) is 1.14. The van der Waals surface area contributed by atoms with E-state index in [1.165, 1.54) is 13.8 Å². The highest BCUT2D eigenvalue weighted by atomic mass is 79.9. The zero-order valence-corrected chi connectivity index (χ0v) is 9.22. The number of rotatable bonds is 2. The Bertz CT molecular complexity index is 220. The van der Waals surface area contributed by atoms with Gasteiger partial charge >= 0.3 is 0 Å². The normalized spacial score (nSPS) is 9.80. The van der Waals surface area contributed by atoms with Gasteiger partial charge in [-0.3, -0.25) is 0 Å². The molecular weight excluding hydrogens is 276 g/mol. The molecular formula is C7H6Br2S. The number of hydrogen-bond donors (Lipinski definition) is 0. The van der Waals surface area contributed by atoms with Crippen LogP contribution in [-0.4, -0.2) is 0 Å². The Balaban J connectivity index is 2.97. The highest BCUT2D eigenvalue weighted by molar-refractivity contribution is 9.11. The molecule has 0 bridgehead atoms. The van der Waals surface area contributed by atoms with Crippen molar-refractivity contribution in [1.29, 1.82) is 0 Å². The summed E-state index contributed by atoms with van der Waals surface area (Å²) in [6, 6.07) is 0. The zero-order valence-electron chi connectivity index (χ0n) is 5.23. The molecule has 0 spiro atoms. The summed E-state index contributed by atoms with van der Waals surface area (Å²) in [5, 5.41) is 2.07. The van der Waals surface area contributed by atoms with Gasteiger partial charge in [-0.05, 0) is 43.8 Å². The van der Waals surface area contributed by atoms with Crippen LogP contribution in [0.1, 0.15) is 5.56 Å². The van der Waals surface area contributed by atoms with Crippen molar-refractivity contribution in [2.75, 3.05) is 0 Å². The van der Waals surface area contributed by atoms with E-state index in [1.807, 2.05) is 6.08 Å². The molecule has 0 aliphatic rings. The Hall–Kier alpha value is 0.400. The molecule has 0 aliphatic carbocycles. The monoisotopic (exact) mass is 280 g/mol. The molecule has 0 unspecified atom stereocenters. The largest absolute Gasteiger partial charge is 0.135 e. The van der Waals surface area contributed by atoms with E-state index in [2.05, 4.69) is 43.8 Å². The molecule has 10 heavy (non-hydrogen) atoms. The molecule has 0 aliphatic heterocycles. The molecule has 0 radical (unpaired) electrons. The lowest BCUT2D eigenvalue weighted by atomic mass is 10.2. The molecule has 0 nitrogen and oxygen atoms in total. The summed E-state index contributed by atoms with van der Waals surface area (Å²) in [5.74, 6) is 0. The van der Waals surface area contributed by atoms with Gasteiger partial charge in [0, 0.05) is 9.85 Å². The third-order valence-corrected chi connectivity index (χ3v) is 4.00. The molecule has 54 valence electrons. The van der Waals surface area contributed by atoms with Crippen LogP contribution in [0.5, 0.6) is 0 Å². The first-order valence-corrected chi connectivity index (χ1v) is 5.24. The summed E-state index contributed by atoms with van der Waals surface area (Å²) in [6.45, 7) is 3.68. The first-order chi connectivity index (χ1) is 4.75. The molecule has 0 saturated heterocycles. The third kappa shape index (κ3) is 1.71. The Labute approximate surface area is 81.2 Å². The minimum absolute atomic E-state index is 0.921. The SMILES string of the molecule is C=CCc1c(Br)csc1Br. The predicted molar refractivity (Wildman–Crippen MR) is 53.6 cm³/mol. The van der Waals surface area contributed by atoms with Crippen molar-refractivity contribution in [2.45, 2.75) is 6.42 Å². The number of thiophene rings is 1. The molecule has 0 amide bonds. The van der Waals surface area contributed by atoms with Crippen molar-refractivity contribution in [3.8, 4) is 0 Å². The summed E-state index contributed by atoms with van der Waals surface area (Å²) in [6.07, 6.45) is 2.82. The van der Waals surface area contributed by atoms with Crippen molar-refractivity contribution in [3.05, 3.63) is 31.9 Å². The Morgan fingerprint density at radius 1 is 1.60 bits per heavy atom. The average molecular weight is 282 g/mol. The highest BCUT2D eigenvalue weighted by Gasteiger charge is 2.04. The first-order valence-electron chi connectivity index (χ1n) is 2.78. The van der Waals surface area contributed by atoms with E-state index >= 15 is 0 Å². The second-order valence-corrected chi connectivity index (χ2v) is 4.88. The van der Waals surface area contributed by atoms with Crippen molar-refractivity contribution < 1.29 is 0 Å². The molecule has 0 saturated carbocycles. The first kappa shape index (κ1) is 8.50. The molecule has 1 aromatic rings. The quantitative estimate of drug-likeness (QED) is 0.719. The van der Waals surface area contributed by atoms with Crippen LogP contribution in [0.15, 0.2) is 26.3 Å². The lowest BCUT2D eigenvalue weighted by molar-refractivity contribution is 1.27. The smallest absolute Gasteiger partial charge is 0.0745 e. The number of hydrogen-bond acceptors (Lipinski definition) is 1. The van der Waals surface area contributed by atoms with Gasteiger partial charge in [0.05, 0.1) is 3.79 Å². The van der Waals surface area contributed by atoms with E-state index in [0.29, 0.717) is 0 Å². The summed E-state index contributed by atoms with van der Waals surface area (Å²) in [4.78, 5) is 0. The van der Waals surface area contributed by atoms with Crippen LogP contribution in [0.25, 0.3) is 0 Å². The van der Waals surface area contributed by atoms with Gasteiger partial charge in [0.15, 0.2) is 0 Å².